The summed E-state index contributed by atoms with van der Waals surface area (Å²) in [5.74, 6) is 0.296. The van der Waals surface area contributed by atoms with E-state index in [9.17, 15) is 4.79 Å². The lowest BCUT2D eigenvalue weighted by atomic mass is 10.0. The van der Waals surface area contributed by atoms with Gasteiger partial charge in [-0.3, -0.25) is 4.79 Å². The molecule has 1 saturated heterocycles. The third-order valence-electron chi connectivity index (χ3n) is 3.06. The molecule has 0 saturated carbocycles. The van der Waals surface area contributed by atoms with Crippen LogP contribution in [-0.4, -0.2) is 41.8 Å². The molecule has 1 aliphatic heterocycles. The molecule has 100 valence electrons. The SMILES string of the molecule is NCCn1cnc(C(=O)NCC2CCCOC2)c1. The highest BCUT2D eigenvalue weighted by molar-refractivity contribution is 5.91. The van der Waals surface area contributed by atoms with Crippen LogP contribution in [0.3, 0.4) is 0 Å². The molecule has 2 rings (SSSR count). The molecule has 1 aromatic rings. The minimum absolute atomic E-state index is 0.128. The van der Waals surface area contributed by atoms with Gasteiger partial charge in [-0.1, -0.05) is 0 Å². The zero-order valence-electron chi connectivity index (χ0n) is 10.5. The molecule has 1 fully saturated rings. The summed E-state index contributed by atoms with van der Waals surface area (Å²) in [6.45, 7) is 3.45. The summed E-state index contributed by atoms with van der Waals surface area (Å²) in [7, 11) is 0. The second-order valence-electron chi connectivity index (χ2n) is 4.58. The molecular formula is C12H20N4O2. The van der Waals surface area contributed by atoms with Crippen LogP contribution in [0.4, 0.5) is 0 Å². The number of aromatic nitrogens is 2. The molecule has 1 aliphatic rings. The first-order valence-electron chi connectivity index (χ1n) is 6.37. The highest BCUT2D eigenvalue weighted by Gasteiger charge is 2.16. The third-order valence-corrected chi connectivity index (χ3v) is 3.06. The minimum atomic E-state index is -0.128. The fraction of sp³-hybridized carbons (Fsp3) is 0.667. The van der Waals surface area contributed by atoms with Crippen LogP contribution in [-0.2, 0) is 11.3 Å². The van der Waals surface area contributed by atoms with E-state index in [1.165, 1.54) is 0 Å². The molecule has 0 radical (unpaired) electrons. The number of nitrogens with one attached hydrogen (secondary N) is 1. The number of hydrogen-bond donors (Lipinski definition) is 2. The molecule has 2 heterocycles. The summed E-state index contributed by atoms with van der Waals surface area (Å²) in [4.78, 5) is 15.9. The van der Waals surface area contributed by atoms with Crippen LogP contribution in [0.2, 0.25) is 0 Å². The highest BCUT2D eigenvalue weighted by Crippen LogP contribution is 2.12. The summed E-state index contributed by atoms with van der Waals surface area (Å²) < 4.78 is 7.19. The van der Waals surface area contributed by atoms with Crippen molar-refractivity contribution < 1.29 is 9.53 Å². The molecule has 1 amide bonds. The first kappa shape index (κ1) is 13.0. The molecule has 6 nitrogen and oxygen atoms in total. The number of amides is 1. The summed E-state index contributed by atoms with van der Waals surface area (Å²) in [6.07, 6.45) is 5.54. The van der Waals surface area contributed by atoms with Gasteiger partial charge in [-0.15, -0.1) is 0 Å². The number of imidazole rings is 1. The topological polar surface area (TPSA) is 82.2 Å². The van der Waals surface area contributed by atoms with Crippen molar-refractivity contribution >= 4 is 5.91 Å². The first-order valence-corrected chi connectivity index (χ1v) is 6.37. The molecule has 6 heteroatoms. The van der Waals surface area contributed by atoms with E-state index in [0.29, 0.717) is 31.2 Å². The largest absolute Gasteiger partial charge is 0.381 e. The number of nitrogens with zero attached hydrogens (tertiary/aromatic N) is 2. The van der Waals surface area contributed by atoms with Crippen molar-refractivity contribution in [3.63, 3.8) is 0 Å². The quantitative estimate of drug-likeness (QED) is 0.772. The van der Waals surface area contributed by atoms with Gasteiger partial charge in [0.1, 0.15) is 5.69 Å². The van der Waals surface area contributed by atoms with Crippen LogP contribution in [0.25, 0.3) is 0 Å². The van der Waals surface area contributed by atoms with E-state index < -0.39 is 0 Å². The third kappa shape index (κ3) is 3.54. The molecule has 0 spiro atoms. The van der Waals surface area contributed by atoms with E-state index in [2.05, 4.69) is 10.3 Å². The average molecular weight is 252 g/mol. The van der Waals surface area contributed by atoms with Gasteiger partial charge in [0.05, 0.1) is 12.9 Å². The zero-order valence-corrected chi connectivity index (χ0v) is 10.5. The second-order valence-corrected chi connectivity index (χ2v) is 4.58. The average Bonchev–Trinajstić information content (AvgIpc) is 2.86. The Morgan fingerprint density at radius 1 is 1.67 bits per heavy atom. The Morgan fingerprint density at radius 2 is 2.56 bits per heavy atom. The van der Waals surface area contributed by atoms with Gasteiger partial charge in [0.15, 0.2) is 0 Å². The van der Waals surface area contributed by atoms with Crippen molar-refractivity contribution in [2.75, 3.05) is 26.3 Å². The number of hydrogen-bond acceptors (Lipinski definition) is 4. The van der Waals surface area contributed by atoms with Crippen LogP contribution in [0.5, 0.6) is 0 Å². The standard InChI is InChI=1S/C12H20N4O2/c13-3-4-16-7-11(15-9-16)12(17)14-6-10-2-1-5-18-8-10/h7,9-10H,1-6,8,13H2,(H,14,17). The Bertz CT molecular complexity index is 385. The second kappa shape index (κ2) is 6.51. The van der Waals surface area contributed by atoms with Gasteiger partial charge in [0.2, 0.25) is 0 Å². The number of rotatable bonds is 5. The van der Waals surface area contributed by atoms with Gasteiger partial charge >= 0.3 is 0 Å². The lowest BCUT2D eigenvalue weighted by Gasteiger charge is -2.21. The Kier molecular flexibility index (Phi) is 4.72. The van der Waals surface area contributed by atoms with E-state index in [1.807, 2.05) is 4.57 Å². The first-order chi connectivity index (χ1) is 8.79. The van der Waals surface area contributed by atoms with Gasteiger partial charge in [-0.05, 0) is 18.8 Å². The normalized spacial score (nSPS) is 19.7. The Balaban J connectivity index is 1.79. The van der Waals surface area contributed by atoms with Gasteiger partial charge in [0, 0.05) is 32.4 Å². The number of carbonyl (C=O) groups excluding carboxylic acids is 1. The van der Waals surface area contributed by atoms with Gasteiger partial charge in [0.25, 0.3) is 5.91 Å². The van der Waals surface area contributed by atoms with Crippen molar-refractivity contribution in [2.24, 2.45) is 11.7 Å². The molecule has 0 aromatic carbocycles. The predicted molar refractivity (Wildman–Crippen MR) is 67.2 cm³/mol. The Labute approximate surface area is 107 Å². The van der Waals surface area contributed by atoms with Crippen LogP contribution < -0.4 is 11.1 Å². The van der Waals surface area contributed by atoms with Crippen LogP contribution >= 0.6 is 0 Å². The van der Waals surface area contributed by atoms with E-state index in [0.717, 1.165) is 26.1 Å². The van der Waals surface area contributed by atoms with Gasteiger partial charge in [-0.25, -0.2) is 4.98 Å². The van der Waals surface area contributed by atoms with E-state index in [1.54, 1.807) is 12.5 Å². The Hall–Kier alpha value is -1.40. The van der Waals surface area contributed by atoms with Crippen molar-refractivity contribution in [1.29, 1.82) is 0 Å². The predicted octanol–water partition coefficient (Wildman–Crippen LogP) is -0.00180. The van der Waals surface area contributed by atoms with Crippen molar-refractivity contribution in [2.45, 2.75) is 19.4 Å². The fourth-order valence-corrected chi connectivity index (χ4v) is 2.04. The lowest BCUT2D eigenvalue weighted by Crippen LogP contribution is -2.33. The maximum Gasteiger partial charge on any atom is 0.271 e. The Morgan fingerprint density at radius 3 is 3.28 bits per heavy atom. The van der Waals surface area contributed by atoms with Crippen molar-refractivity contribution in [3.05, 3.63) is 18.2 Å². The van der Waals surface area contributed by atoms with Crippen LogP contribution in [0.15, 0.2) is 12.5 Å². The number of carbonyl (C=O) groups is 1. The molecular weight excluding hydrogens is 232 g/mol. The number of ether oxygens (including phenoxy) is 1. The lowest BCUT2D eigenvalue weighted by molar-refractivity contribution is 0.0536. The van der Waals surface area contributed by atoms with Gasteiger partial charge < -0.3 is 20.4 Å². The minimum Gasteiger partial charge on any atom is -0.381 e. The summed E-state index contributed by atoms with van der Waals surface area (Å²) in [5.41, 5.74) is 5.88. The molecule has 1 aromatic heterocycles. The van der Waals surface area contributed by atoms with Crippen LogP contribution in [0, 0.1) is 5.92 Å². The fourth-order valence-electron chi connectivity index (χ4n) is 2.04. The smallest absolute Gasteiger partial charge is 0.271 e. The van der Waals surface area contributed by atoms with Gasteiger partial charge in [-0.2, -0.15) is 0 Å². The van der Waals surface area contributed by atoms with E-state index in [4.69, 9.17) is 10.5 Å². The highest BCUT2D eigenvalue weighted by atomic mass is 16.5. The maximum absolute atomic E-state index is 11.8. The monoisotopic (exact) mass is 252 g/mol. The van der Waals surface area contributed by atoms with Crippen LogP contribution in [0.1, 0.15) is 23.3 Å². The summed E-state index contributed by atoms with van der Waals surface area (Å²) >= 11 is 0. The van der Waals surface area contributed by atoms with E-state index >= 15 is 0 Å². The molecule has 0 aliphatic carbocycles. The molecule has 3 N–H and O–H groups in total. The van der Waals surface area contributed by atoms with Crippen molar-refractivity contribution in [1.82, 2.24) is 14.9 Å². The zero-order chi connectivity index (χ0) is 12.8. The molecule has 1 atom stereocenters. The molecule has 1 unspecified atom stereocenters. The summed E-state index contributed by atoms with van der Waals surface area (Å²) in [6, 6.07) is 0. The van der Waals surface area contributed by atoms with Crippen molar-refractivity contribution in [3.8, 4) is 0 Å². The van der Waals surface area contributed by atoms with E-state index in [-0.39, 0.29) is 5.91 Å². The number of nitrogens with two attached hydrogens (primary N) is 1. The molecule has 0 bridgehead atoms. The maximum atomic E-state index is 11.8. The summed E-state index contributed by atoms with van der Waals surface area (Å²) in [5, 5.41) is 2.90. The molecule has 18 heavy (non-hydrogen) atoms.